The van der Waals surface area contributed by atoms with E-state index in [1.165, 1.54) is 122 Å². The fourth-order valence-corrected chi connectivity index (χ4v) is 7.37. The van der Waals surface area contributed by atoms with Gasteiger partial charge in [-0.1, -0.05) is 204 Å². The summed E-state index contributed by atoms with van der Waals surface area (Å²) in [5.74, 6) is -0.516. The highest BCUT2D eigenvalue weighted by molar-refractivity contribution is 5.77. The molecule has 3 atom stereocenters. The minimum Gasteiger partial charge on any atom is -0.462 e. The molecule has 0 spiro atoms. The summed E-state index contributed by atoms with van der Waals surface area (Å²) in [7, 11) is 0. The zero-order chi connectivity index (χ0) is 42.4. The lowest BCUT2D eigenvalue weighted by atomic mass is 10.0. The molecular formula is C52H95NO5. The van der Waals surface area contributed by atoms with Gasteiger partial charge in [0.1, 0.15) is 6.10 Å². The van der Waals surface area contributed by atoms with E-state index in [0.29, 0.717) is 19.3 Å². The van der Waals surface area contributed by atoms with Crippen LogP contribution >= 0.6 is 0 Å². The number of hydrogen-bond acceptors (Lipinski definition) is 5. The molecule has 0 radical (unpaired) electrons. The number of aliphatic hydroxyl groups is 2. The van der Waals surface area contributed by atoms with Gasteiger partial charge in [-0.05, 0) is 77.0 Å². The van der Waals surface area contributed by atoms with Gasteiger partial charge in [-0.2, -0.15) is 0 Å². The van der Waals surface area contributed by atoms with E-state index < -0.39 is 18.2 Å². The Morgan fingerprint density at radius 3 is 1.41 bits per heavy atom. The van der Waals surface area contributed by atoms with E-state index in [4.69, 9.17) is 4.74 Å². The molecule has 0 rings (SSSR count). The third kappa shape index (κ3) is 40.6. The molecule has 3 unspecified atom stereocenters. The number of amides is 1. The van der Waals surface area contributed by atoms with Crippen molar-refractivity contribution >= 4 is 11.9 Å². The smallest absolute Gasteiger partial charge is 0.306 e. The molecule has 6 heteroatoms. The highest BCUT2D eigenvalue weighted by atomic mass is 16.5. The van der Waals surface area contributed by atoms with Gasteiger partial charge in [0, 0.05) is 6.42 Å². The van der Waals surface area contributed by atoms with E-state index in [1.807, 2.05) is 0 Å². The van der Waals surface area contributed by atoms with Crippen LogP contribution in [0.5, 0.6) is 0 Å². The van der Waals surface area contributed by atoms with Gasteiger partial charge >= 0.3 is 5.97 Å². The maximum absolute atomic E-state index is 13.2. The maximum Gasteiger partial charge on any atom is 0.306 e. The molecular weight excluding hydrogens is 719 g/mol. The summed E-state index contributed by atoms with van der Waals surface area (Å²) in [6.45, 7) is 6.42. The molecule has 0 bridgehead atoms. The molecule has 338 valence electrons. The summed E-state index contributed by atoms with van der Waals surface area (Å²) in [4.78, 5) is 26.1. The number of carbonyl (C=O) groups excluding carboxylic acids is 2. The molecule has 0 saturated carbocycles. The Bertz CT molecular complexity index is 1000. The van der Waals surface area contributed by atoms with Crippen LogP contribution in [0.15, 0.2) is 48.6 Å². The van der Waals surface area contributed by atoms with Crippen molar-refractivity contribution in [1.82, 2.24) is 5.32 Å². The van der Waals surface area contributed by atoms with Crippen molar-refractivity contribution in [2.24, 2.45) is 0 Å². The zero-order valence-corrected chi connectivity index (χ0v) is 38.4. The zero-order valence-electron chi connectivity index (χ0n) is 38.4. The first kappa shape index (κ1) is 55.8. The number of nitrogens with one attached hydrogen (secondary N) is 1. The van der Waals surface area contributed by atoms with E-state index in [1.54, 1.807) is 0 Å². The maximum atomic E-state index is 13.2. The Morgan fingerprint density at radius 1 is 0.500 bits per heavy atom. The van der Waals surface area contributed by atoms with Gasteiger partial charge in [0.05, 0.1) is 25.2 Å². The largest absolute Gasteiger partial charge is 0.462 e. The second kappa shape index (κ2) is 45.9. The Labute approximate surface area is 359 Å². The van der Waals surface area contributed by atoms with Crippen LogP contribution in [-0.4, -0.2) is 46.9 Å². The summed E-state index contributed by atoms with van der Waals surface area (Å²) in [6, 6.07) is -0.713. The van der Waals surface area contributed by atoms with Gasteiger partial charge in [0.15, 0.2) is 0 Å². The van der Waals surface area contributed by atoms with E-state index in [0.717, 1.165) is 77.0 Å². The number of aliphatic hydroxyl groups excluding tert-OH is 2. The third-order valence-corrected chi connectivity index (χ3v) is 11.2. The predicted molar refractivity (Wildman–Crippen MR) is 250 cm³/mol. The Hall–Kier alpha value is -2.18. The quantitative estimate of drug-likeness (QED) is 0.0246. The van der Waals surface area contributed by atoms with E-state index >= 15 is 0 Å². The lowest BCUT2D eigenvalue weighted by Crippen LogP contribution is -2.46. The number of esters is 1. The minimum atomic E-state index is -0.797. The molecule has 3 N–H and O–H groups in total. The van der Waals surface area contributed by atoms with E-state index in [2.05, 4.69) is 74.7 Å². The predicted octanol–water partition coefficient (Wildman–Crippen LogP) is 14.7. The van der Waals surface area contributed by atoms with Crippen molar-refractivity contribution in [2.75, 3.05) is 6.61 Å². The van der Waals surface area contributed by atoms with Crippen molar-refractivity contribution in [3.63, 3.8) is 0 Å². The molecule has 1 amide bonds. The lowest BCUT2D eigenvalue weighted by Gasteiger charge is -2.24. The Balaban J connectivity index is 4.68. The summed E-state index contributed by atoms with van der Waals surface area (Å²) in [6.07, 6.45) is 54.5. The van der Waals surface area contributed by atoms with Gasteiger partial charge < -0.3 is 20.3 Å². The van der Waals surface area contributed by atoms with Crippen LogP contribution in [0.3, 0.4) is 0 Å². The summed E-state index contributed by atoms with van der Waals surface area (Å²) >= 11 is 0. The normalized spacial score (nSPS) is 13.7. The number of allylic oxidation sites excluding steroid dienone is 8. The minimum absolute atomic E-state index is 0.0519. The third-order valence-electron chi connectivity index (χ3n) is 11.2. The topological polar surface area (TPSA) is 95.9 Å². The van der Waals surface area contributed by atoms with Crippen molar-refractivity contribution in [3.8, 4) is 0 Å². The fourth-order valence-electron chi connectivity index (χ4n) is 7.37. The van der Waals surface area contributed by atoms with Crippen LogP contribution in [0.25, 0.3) is 0 Å². The first-order valence-corrected chi connectivity index (χ1v) is 24.9. The highest BCUT2D eigenvalue weighted by Gasteiger charge is 2.24. The Kier molecular flexibility index (Phi) is 44.2. The first-order valence-electron chi connectivity index (χ1n) is 24.9. The second-order valence-corrected chi connectivity index (χ2v) is 16.9. The van der Waals surface area contributed by atoms with Crippen molar-refractivity contribution in [3.05, 3.63) is 48.6 Å². The lowest BCUT2D eigenvalue weighted by molar-refractivity contribution is -0.151. The van der Waals surface area contributed by atoms with Gasteiger partial charge in [-0.3, -0.25) is 9.59 Å². The molecule has 0 aliphatic rings. The fraction of sp³-hybridized carbons (Fsp3) is 0.808. The molecule has 0 aromatic heterocycles. The van der Waals surface area contributed by atoms with Crippen LogP contribution < -0.4 is 5.32 Å². The number of rotatable bonds is 44. The van der Waals surface area contributed by atoms with Crippen LogP contribution in [0.4, 0.5) is 0 Å². The molecule has 0 saturated heterocycles. The molecule has 0 aromatic rings. The van der Waals surface area contributed by atoms with Crippen LogP contribution in [0, 0.1) is 0 Å². The van der Waals surface area contributed by atoms with Crippen molar-refractivity contribution < 1.29 is 24.5 Å². The van der Waals surface area contributed by atoms with Gasteiger partial charge in [-0.25, -0.2) is 0 Å². The molecule has 0 aliphatic carbocycles. The molecule has 6 nitrogen and oxygen atoms in total. The summed E-state index contributed by atoms with van der Waals surface area (Å²) in [5, 5.41) is 23.7. The molecule has 0 aliphatic heterocycles. The number of unbranched alkanes of at least 4 members (excludes halogenated alkanes) is 26. The number of hydrogen-bond donors (Lipinski definition) is 3. The van der Waals surface area contributed by atoms with E-state index in [-0.39, 0.29) is 24.9 Å². The van der Waals surface area contributed by atoms with Crippen molar-refractivity contribution in [2.45, 2.75) is 264 Å². The van der Waals surface area contributed by atoms with Gasteiger partial charge in [0.25, 0.3) is 0 Å². The van der Waals surface area contributed by atoms with Gasteiger partial charge in [-0.15, -0.1) is 0 Å². The monoisotopic (exact) mass is 814 g/mol. The van der Waals surface area contributed by atoms with Crippen LogP contribution in [0.1, 0.15) is 245 Å². The molecule has 0 fully saturated rings. The van der Waals surface area contributed by atoms with Crippen LogP contribution in [0.2, 0.25) is 0 Å². The molecule has 58 heavy (non-hydrogen) atoms. The van der Waals surface area contributed by atoms with E-state index in [9.17, 15) is 19.8 Å². The molecule has 0 heterocycles. The first-order chi connectivity index (χ1) is 28.5. The second-order valence-electron chi connectivity index (χ2n) is 16.9. The standard InChI is InChI=1S/C52H95NO5/c1-4-7-10-13-16-19-22-24-25-26-27-29-31-34-37-40-43-48(58-52(57)45-42-39-36-33-30-23-20-17-14-11-8-5-2)46-51(56)53-49(47-54)50(55)44-41-38-35-32-28-21-18-15-12-9-6-3/h17,20,22,24-27,29,48-50,54-55H,4-16,18-19,21,23,28,30-47H2,1-3H3,(H,53,56)/b20-17-,24-22+,26-25+,29-27+. The number of ether oxygens (including phenoxy) is 1. The Morgan fingerprint density at radius 2 is 0.897 bits per heavy atom. The SMILES string of the molecule is CCCCC/C=C\CCCCCCCC(=O)OC(CCCCC/C=C/C=C/C=C/CCCCCCC)CC(=O)NC(CO)C(O)CCCCCCCCCCCCC. The average molecular weight is 814 g/mol. The van der Waals surface area contributed by atoms with Gasteiger partial charge in [0.2, 0.25) is 5.91 Å². The van der Waals surface area contributed by atoms with Crippen molar-refractivity contribution in [1.29, 1.82) is 0 Å². The highest BCUT2D eigenvalue weighted by Crippen LogP contribution is 2.17. The summed E-state index contributed by atoms with van der Waals surface area (Å²) in [5.41, 5.74) is 0. The summed E-state index contributed by atoms with van der Waals surface area (Å²) < 4.78 is 5.90. The number of carbonyl (C=O) groups is 2. The molecule has 0 aromatic carbocycles. The van der Waals surface area contributed by atoms with Crippen LogP contribution in [-0.2, 0) is 14.3 Å². The average Bonchev–Trinajstić information content (AvgIpc) is 3.22.